The predicted octanol–water partition coefficient (Wildman–Crippen LogP) is 4.84. The number of rotatable bonds is 5. The van der Waals surface area contributed by atoms with Crippen molar-refractivity contribution >= 4 is 45.0 Å². The van der Waals surface area contributed by atoms with Crippen molar-refractivity contribution in [2.45, 2.75) is 12.7 Å². The molecule has 1 aromatic heterocycles. The number of imidazole rings is 1. The summed E-state index contributed by atoms with van der Waals surface area (Å²) < 4.78 is 15.8. The van der Waals surface area contributed by atoms with Crippen LogP contribution in [0.4, 0.5) is 20.6 Å². The number of para-hydroxylation sites is 1. The molecule has 0 fully saturated rings. The first kappa shape index (κ1) is 23.4. The molecule has 0 spiro atoms. The summed E-state index contributed by atoms with van der Waals surface area (Å²) in [5.74, 6) is -0.965. The zero-order chi connectivity index (χ0) is 25.1. The molecule has 0 saturated carbocycles. The van der Waals surface area contributed by atoms with Crippen LogP contribution in [-0.4, -0.2) is 33.8 Å². The summed E-state index contributed by atoms with van der Waals surface area (Å²) in [6.07, 6.45) is 1.82. The molecule has 3 aromatic carbocycles. The van der Waals surface area contributed by atoms with E-state index in [9.17, 15) is 14.0 Å². The van der Waals surface area contributed by atoms with Gasteiger partial charge in [-0.05, 0) is 42.5 Å². The molecule has 0 unspecified atom stereocenters. The second-order valence-corrected chi connectivity index (χ2v) is 8.90. The van der Waals surface area contributed by atoms with Gasteiger partial charge in [0, 0.05) is 27.5 Å². The summed E-state index contributed by atoms with van der Waals surface area (Å²) in [7, 11) is 0. The Bertz CT molecular complexity index is 1440. The lowest BCUT2D eigenvalue weighted by atomic mass is 9.99. The fraction of sp³-hybridized carbons (Fsp3) is 0.0769. The number of H-pyrrole nitrogens is 1. The average molecular weight is 547 g/mol. The van der Waals surface area contributed by atoms with Crippen LogP contribution in [0.5, 0.6) is 0 Å². The van der Waals surface area contributed by atoms with Gasteiger partial charge in [0.1, 0.15) is 5.82 Å². The largest absolute Gasteiger partial charge is 0.347 e. The first-order chi connectivity index (χ1) is 17.5. The van der Waals surface area contributed by atoms with E-state index in [2.05, 4.69) is 41.5 Å². The maximum atomic E-state index is 14.9. The van der Waals surface area contributed by atoms with E-state index in [1.807, 2.05) is 0 Å². The number of carbonyl (C=O) groups is 2. The van der Waals surface area contributed by atoms with Crippen LogP contribution in [-0.2, 0) is 11.3 Å². The Morgan fingerprint density at radius 1 is 1.03 bits per heavy atom. The van der Waals surface area contributed by atoms with Gasteiger partial charge in [0.15, 0.2) is 0 Å². The monoisotopic (exact) mass is 546 g/mol. The maximum Gasteiger partial charge on any atom is 0.321 e. The number of amides is 3. The van der Waals surface area contributed by atoms with E-state index in [1.165, 1.54) is 17.3 Å². The Kier molecular flexibility index (Phi) is 6.59. The van der Waals surface area contributed by atoms with Crippen molar-refractivity contribution in [2.75, 3.05) is 10.2 Å². The summed E-state index contributed by atoms with van der Waals surface area (Å²) >= 11 is 3.35. The van der Waals surface area contributed by atoms with E-state index in [4.69, 9.17) is 0 Å². The Labute approximate surface area is 214 Å². The highest BCUT2D eigenvalue weighted by molar-refractivity contribution is 9.10. The van der Waals surface area contributed by atoms with E-state index in [1.54, 1.807) is 72.9 Å². The van der Waals surface area contributed by atoms with Crippen LogP contribution in [0.15, 0.2) is 94.8 Å². The predicted molar refractivity (Wildman–Crippen MR) is 138 cm³/mol. The SMILES string of the molecule is O=C(Nc1ccc(Br)cc1)N[C@@H]1N=C(c2ccccc2F)c2ccccc2N(Cc2cnc[nH]2)C1=O. The van der Waals surface area contributed by atoms with Gasteiger partial charge in [0.25, 0.3) is 5.91 Å². The van der Waals surface area contributed by atoms with Gasteiger partial charge >= 0.3 is 6.03 Å². The van der Waals surface area contributed by atoms with Crippen LogP contribution in [0.3, 0.4) is 0 Å². The molecule has 5 rings (SSSR count). The fourth-order valence-corrected chi connectivity index (χ4v) is 4.18. The number of hydrogen-bond donors (Lipinski definition) is 3. The number of anilines is 2. The molecule has 2 heterocycles. The van der Waals surface area contributed by atoms with Gasteiger partial charge in [-0.25, -0.2) is 19.2 Å². The number of benzodiazepines with no additional fused rings is 1. The molecule has 0 bridgehead atoms. The van der Waals surface area contributed by atoms with Crippen LogP contribution in [0, 0.1) is 5.82 Å². The van der Waals surface area contributed by atoms with E-state index in [0.29, 0.717) is 22.6 Å². The highest BCUT2D eigenvalue weighted by Crippen LogP contribution is 2.30. The van der Waals surface area contributed by atoms with Gasteiger partial charge in [-0.15, -0.1) is 0 Å². The number of aromatic amines is 1. The Balaban J connectivity index is 1.56. The third kappa shape index (κ3) is 4.89. The molecule has 10 heteroatoms. The molecule has 36 heavy (non-hydrogen) atoms. The fourth-order valence-electron chi connectivity index (χ4n) is 3.92. The summed E-state index contributed by atoms with van der Waals surface area (Å²) in [4.78, 5) is 39.8. The molecule has 8 nitrogen and oxygen atoms in total. The van der Waals surface area contributed by atoms with Crippen molar-refractivity contribution in [2.24, 2.45) is 4.99 Å². The van der Waals surface area contributed by atoms with Crippen molar-refractivity contribution in [1.29, 1.82) is 0 Å². The summed E-state index contributed by atoms with van der Waals surface area (Å²) in [5, 5.41) is 5.35. The number of halogens is 2. The van der Waals surface area contributed by atoms with E-state index < -0.39 is 23.9 Å². The van der Waals surface area contributed by atoms with E-state index in [0.717, 1.165) is 4.47 Å². The Morgan fingerprint density at radius 3 is 2.47 bits per heavy atom. The molecule has 0 saturated heterocycles. The van der Waals surface area contributed by atoms with Gasteiger partial charge in [-0.1, -0.05) is 46.3 Å². The van der Waals surface area contributed by atoms with Gasteiger partial charge in [-0.3, -0.25) is 4.79 Å². The molecular weight excluding hydrogens is 527 g/mol. The zero-order valence-corrected chi connectivity index (χ0v) is 20.4. The lowest BCUT2D eigenvalue weighted by Gasteiger charge is -2.25. The quantitative estimate of drug-likeness (QED) is 0.333. The number of aromatic nitrogens is 2. The van der Waals surface area contributed by atoms with Gasteiger partial charge < -0.3 is 20.5 Å². The highest BCUT2D eigenvalue weighted by atomic mass is 79.9. The second-order valence-electron chi connectivity index (χ2n) is 7.98. The third-order valence-corrected chi connectivity index (χ3v) is 6.12. The Hall–Kier alpha value is -4.31. The number of carbonyl (C=O) groups excluding carboxylic acids is 2. The molecule has 4 aromatic rings. The number of nitrogens with zero attached hydrogens (tertiary/aromatic N) is 3. The van der Waals surface area contributed by atoms with Crippen molar-refractivity contribution in [3.63, 3.8) is 0 Å². The van der Waals surface area contributed by atoms with E-state index in [-0.39, 0.29) is 17.8 Å². The minimum Gasteiger partial charge on any atom is -0.347 e. The smallest absolute Gasteiger partial charge is 0.321 e. The summed E-state index contributed by atoms with van der Waals surface area (Å²) in [6, 6.07) is 19.7. The van der Waals surface area contributed by atoms with Crippen LogP contribution in [0.25, 0.3) is 0 Å². The molecular formula is C26H20BrFN6O2. The molecule has 1 atom stereocenters. The second kappa shape index (κ2) is 10.1. The van der Waals surface area contributed by atoms with Crippen LogP contribution in [0.1, 0.15) is 16.8 Å². The number of fused-ring (bicyclic) bond motifs is 1. The lowest BCUT2D eigenvalue weighted by molar-refractivity contribution is -0.120. The van der Waals surface area contributed by atoms with Crippen molar-refractivity contribution in [1.82, 2.24) is 15.3 Å². The zero-order valence-electron chi connectivity index (χ0n) is 18.8. The van der Waals surface area contributed by atoms with E-state index >= 15 is 0 Å². The van der Waals surface area contributed by atoms with Crippen LogP contribution < -0.4 is 15.5 Å². The highest BCUT2D eigenvalue weighted by Gasteiger charge is 2.34. The molecule has 3 N–H and O–H groups in total. The Morgan fingerprint density at radius 2 is 1.75 bits per heavy atom. The van der Waals surface area contributed by atoms with Crippen molar-refractivity contribution < 1.29 is 14.0 Å². The van der Waals surface area contributed by atoms with Gasteiger partial charge in [0.2, 0.25) is 6.17 Å². The molecule has 0 aliphatic carbocycles. The molecule has 1 aliphatic rings. The van der Waals surface area contributed by atoms with Crippen LogP contribution in [0.2, 0.25) is 0 Å². The summed E-state index contributed by atoms with van der Waals surface area (Å²) in [6.45, 7) is 0.155. The van der Waals surface area contributed by atoms with Crippen LogP contribution >= 0.6 is 15.9 Å². The lowest BCUT2D eigenvalue weighted by Crippen LogP contribution is -2.48. The standard InChI is InChI=1S/C26H20BrFN6O2/c27-16-9-11-17(12-10-16)31-26(36)33-24-25(35)34(14-18-13-29-15-30-18)22-8-4-2-6-20(22)23(32-24)19-5-1-3-7-21(19)28/h1-13,15,24H,14H2,(H,29,30)(H2,31,33,36)/t24-/m0/s1. The average Bonchev–Trinajstić information content (AvgIpc) is 3.37. The number of benzene rings is 3. The first-order valence-corrected chi connectivity index (χ1v) is 11.8. The van der Waals surface area contributed by atoms with Gasteiger partial charge in [0.05, 0.1) is 30.0 Å². The number of nitrogens with one attached hydrogen (secondary N) is 3. The molecule has 0 radical (unpaired) electrons. The number of aliphatic imine (C=N–C) groups is 1. The molecule has 180 valence electrons. The summed E-state index contributed by atoms with van der Waals surface area (Å²) in [5.41, 5.74) is 2.81. The normalized spacial score (nSPS) is 15.1. The maximum absolute atomic E-state index is 14.9. The van der Waals surface area contributed by atoms with Gasteiger partial charge in [-0.2, -0.15) is 0 Å². The van der Waals surface area contributed by atoms with Crippen molar-refractivity contribution in [3.05, 3.63) is 112 Å². The number of hydrogen-bond acceptors (Lipinski definition) is 4. The minimum absolute atomic E-state index is 0.155. The minimum atomic E-state index is -1.31. The number of urea groups is 1. The molecule has 3 amide bonds. The topological polar surface area (TPSA) is 102 Å². The first-order valence-electron chi connectivity index (χ1n) is 11.0. The third-order valence-electron chi connectivity index (χ3n) is 5.59. The van der Waals surface area contributed by atoms with Crippen molar-refractivity contribution in [3.8, 4) is 0 Å². The molecule has 1 aliphatic heterocycles.